The van der Waals surface area contributed by atoms with Gasteiger partial charge in [0.25, 0.3) is 0 Å². The van der Waals surface area contributed by atoms with Crippen molar-refractivity contribution in [3.8, 4) is 0 Å². The molecule has 0 fully saturated rings. The second-order valence-corrected chi connectivity index (χ2v) is 5.78. The Labute approximate surface area is 128 Å². The van der Waals surface area contributed by atoms with E-state index < -0.39 is 0 Å². The summed E-state index contributed by atoms with van der Waals surface area (Å²) in [6.07, 6.45) is 1.08. The zero-order valence-corrected chi connectivity index (χ0v) is 13.7. The normalized spacial score (nSPS) is 16.1. The molecular formula is C16H27ClN2O. The lowest BCUT2D eigenvalue weighted by Gasteiger charge is -2.38. The summed E-state index contributed by atoms with van der Waals surface area (Å²) in [5.74, 6) is 0. The van der Waals surface area contributed by atoms with Gasteiger partial charge in [-0.1, -0.05) is 30.7 Å². The van der Waals surface area contributed by atoms with Crippen molar-refractivity contribution in [3.63, 3.8) is 0 Å². The molecule has 0 aliphatic carbocycles. The van der Waals surface area contributed by atoms with Gasteiger partial charge >= 0.3 is 0 Å². The maximum Gasteiger partial charge on any atom is 0.0590 e. The molecule has 0 amide bonds. The van der Waals surface area contributed by atoms with Crippen LogP contribution in [0.1, 0.15) is 38.8 Å². The molecule has 20 heavy (non-hydrogen) atoms. The van der Waals surface area contributed by atoms with E-state index in [-0.39, 0.29) is 12.1 Å². The van der Waals surface area contributed by atoms with E-state index in [4.69, 9.17) is 22.1 Å². The van der Waals surface area contributed by atoms with E-state index >= 15 is 0 Å². The summed E-state index contributed by atoms with van der Waals surface area (Å²) in [5.41, 5.74) is 7.43. The summed E-state index contributed by atoms with van der Waals surface area (Å²) in [7, 11) is 1.73. The minimum atomic E-state index is 0.0272. The van der Waals surface area contributed by atoms with Crippen molar-refractivity contribution in [2.45, 2.75) is 45.3 Å². The van der Waals surface area contributed by atoms with E-state index in [1.807, 2.05) is 25.1 Å². The fourth-order valence-corrected chi connectivity index (χ4v) is 2.75. The van der Waals surface area contributed by atoms with Crippen LogP contribution in [0.15, 0.2) is 24.3 Å². The van der Waals surface area contributed by atoms with Crippen molar-refractivity contribution in [1.82, 2.24) is 4.90 Å². The monoisotopic (exact) mass is 298 g/mol. The first-order valence-corrected chi connectivity index (χ1v) is 7.64. The first-order chi connectivity index (χ1) is 9.51. The van der Waals surface area contributed by atoms with Crippen LogP contribution in [0.25, 0.3) is 0 Å². The third kappa shape index (κ3) is 4.74. The van der Waals surface area contributed by atoms with Gasteiger partial charge in [-0.05, 0) is 38.0 Å². The van der Waals surface area contributed by atoms with Gasteiger partial charge < -0.3 is 10.5 Å². The molecule has 0 radical (unpaired) electrons. The highest BCUT2D eigenvalue weighted by Gasteiger charge is 2.27. The highest BCUT2D eigenvalue weighted by molar-refractivity contribution is 6.30. The number of halogens is 1. The Bertz CT molecular complexity index is 398. The van der Waals surface area contributed by atoms with Crippen LogP contribution in [0, 0.1) is 0 Å². The molecule has 0 bridgehead atoms. The number of nitrogens with zero attached hydrogens (tertiary/aromatic N) is 1. The van der Waals surface area contributed by atoms with E-state index in [9.17, 15) is 0 Å². The van der Waals surface area contributed by atoms with Crippen LogP contribution in [0.4, 0.5) is 0 Å². The maximum atomic E-state index is 6.26. The van der Waals surface area contributed by atoms with Gasteiger partial charge in [0, 0.05) is 30.8 Å². The molecule has 0 spiro atoms. The number of hydrogen-bond donors (Lipinski definition) is 1. The molecule has 1 aromatic rings. The Hall–Kier alpha value is -0.610. The molecule has 4 heteroatoms. The first-order valence-electron chi connectivity index (χ1n) is 7.27. The predicted molar refractivity (Wildman–Crippen MR) is 86.2 cm³/mol. The highest BCUT2D eigenvalue weighted by Crippen LogP contribution is 2.28. The molecule has 0 aromatic heterocycles. The summed E-state index contributed by atoms with van der Waals surface area (Å²) in [5, 5.41) is 0.754. The van der Waals surface area contributed by atoms with Crippen LogP contribution in [-0.2, 0) is 4.74 Å². The second kappa shape index (κ2) is 8.63. The van der Waals surface area contributed by atoms with Gasteiger partial charge in [-0.2, -0.15) is 0 Å². The Morgan fingerprint density at radius 2 is 2.05 bits per heavy atom. The highest BCUT2D eigenvalue weighted by atomic mass is 35.5. The summed E-state index contributed by atoms with van der Waals surface area (Å²) in [4.78, 5) is 2.42. The molecule has 114 valence electrons. The summed E-state index contributed by atoms with van der Waals surface area (Å²) >= 11 is 6.13. The van der Waals surface area contributed by atoms with Crippen molar-refractivity contribution < 1.29 is 4.74 Å². The molecule has 0 saturated carbocycles. The SMILES string of the molecule is CCC(C)N(CCOC)C(c1cccc(Cl)c1)C(C)N. The minimum absolute atomic E-state index is 0.0272. The molecule has 1 rings (SSSR count). The molecule has 0 heterocycles. The van der Waals surface area contributed by atoms with Crippen LogP contribution in [0.3, 0.4) is 0 Å². The third-order valence-corrected chi connectivity index (χ3v) is 3.99. The van der Waals surface area contributed by atoms with Crippen molar-refractivity contribution >= 4 is 11.6 Å². The number of methoxy groups -OCH3 is 1. The molecule has 3 nitrogen and oxygen atoms in total. The molecule has 0 aliphatic rings. The topological polar surface area (TPSA) is 38.5 Å². The van der Waals surface area contributed by atoms with Crippen molar-refractivity contribution in [2.75, 3.05) is 20.3 Å². The van der Waals surface area contributed by atoms with Gasteiger partial charge in [0.05, 0.1) is 12.6 Å². The number of ether oxygens (including phenoxy) is 1. The number of nitrogens with two attached hydrogens (primary N) is 1. The Kier molecular flexibility index (Phi) is 7.52. The van der Waals surface area contributed by atoms with E-state index in [1.165, 1.54) is 5.56 Å². The lowest BCUT2D eigenvalue weighted by Crippen LogP contribution is -2.45. The van der Waals surface area contributed by atoms with Crippen molar-refractivity contribution in [3.05, 3.63) is 34.9 Å². The van der Waals surface area contributed by atoms with E-state index in [0.29, 0.717) is 12.6 Å². The third-order valence-electron chi connectivity index (χ3n) is 3.76. The van der Waals surface area contributed by atoms with Crippen LogP contribution in [-0.4, -0.2) is 37.2 Å². The average molecular weight is 299 g/mol. The van der Waals surface area contributed by atoms with Crippen LogP contribution < -0.4 is 5.73 Å². The lowest BCUT2D eigenvalue weighted by molar-refractivity contribution is 0.0786. The zero-order valence-electron chi connectivity index (χ0n) is 13.0. The van der Waals surface area contributed by atoms with Gasteiger partial charge in [-0.25, -0.2) is 0 Å². The van der Waals surface area contributed by atoms with Crippen LogP contribution in [0.5, 0.6) is 0 Å². The Morgan fingerprint density at radius 1 is 1.35 bits per heavy atom. The standard InChI is InChI=1S/C16H27ClN2O/c1-5-12(2)19(9-10-20-4)16(13(3)18)14-7-6-8-15(17)11-14/h6-8,11-13,16H,5,9-10,18H2,1-4H3. The minimum Gasteiger partial charge on any atom is -0.383 e. The molecule has 0 aliphatic heterocycles. The average Bonchev–Trinajstić information content (AvgIpc) is 2.42. The molecular weight excluding hydrogens is 272 g/mol. The fourth-order valence-electron chi connectivity index (χ4n) is 2.55. The first kappa shape index (κ1) is 17.4. The number of hydrogen-bond acceptors (Lipinski definition) is 3. The summed E-state index contributed by atoms with van der Waals surface area (Å²) in [6, 6.07) is 8.61. The molecule has 3 unspecified atom stereocenters. The number of rotatable bonds is 8. The largest absolute Gasteiger partial charge is 0.383 e. The summed E-state index contributed by atoms with van der Waals surface area (Å²) < 4.78 is 5.25. The molecule has 0 saturated heterocycles. The van der Waals surface area contributed by atoms with Crippen LogP contribution in [0.2, 0.25) is 5.02 Å². The van der Waals surface area contributed by atoms with Gasteiger partial charge in [-0.3, -0.25) is 4.90 Å². The van der Waals surface area contributed by atoms with E-state index in [2.05, 4.69) is 24.8 Å². The number of benzene rings is 1. The van der Waals surface area contributed by atoms with Crippen molar-refractivity contribution in [1.29, 1.82) is 0 Å². The van der Waals surface area contributed by atoms with Gasteiger partial charge in [0.2, 0.25) is 0 Å². The summed E-state index contributed by atoms with van der Waals surface area (Å²) in [6.45, 7) is 8.04. The van der Waals surface area contributed by atoms with Crippen molar-refractivity contribution in [2.24, 2.45) is 5.73 Å². The molecule has 2 N–H and O–H groups in total. The Morgan fingerprint density at radius 3 is 2.55 bits per heavy atom. The maximum absolute atomic E-state index is 6.26. The lowest BCUT2D eigenvalue weighted by atomic mass is 9.97. The Balaban J connectivity index is 3.06. The molecule has 1 aromatic carbocycles. The van der Waals surface area contributed by atoms with E-state index in [0.717, 1.165) is 18.0 Å². The fraction of sp³-hybridized carbons (Fsp3) is 0.625. The zero-order chi connectivity index (χ0) is 15.1. The van der Waals surface area contributed by atoms with E-state index in [1.54, 1.807) is 7.11 Å². The predicted octanol–water partition coefficient (Wildman–Crippen LogP) is 3.48. The smallest absolute Gasteiger partial charge is 0.0590 e. The molecule has 3 atom stereocenters. The van der Waals surface area contributed by atoms with Gasteiger partial charge in [0.15, 0.2) is 0 Å². The van der Waals surface area contributed by atoms with Gasteiger partial charge in [-0.15, -0.1) is 0 Å². The quantitative estimate of drug-likeness (QED) is 0.798. The second-order valence-electron chi connectivity index (χ2n) is 5.35. The van der Waals surface area contributed by atoms with Crippen LogP contribution >= 0.6 is 11.6 Å². The van der Waals surface area contributed by atoms with Gasteiger partial charge in [0.1, 0.15) is 0 Å².